The van der Waals surface area contributed by atoms with Crippen molar-refractivity contribution < 1.29 is 9.26 Å². The molecule has 31 heavy (non-hydrogen) atoms. The summed E-state index contributed by atoms with van der Waals surface area (Å²) >= 11 is 0. The number of rotatable bonds is 7. The van der Waals surface area contributed by atoms with Crippen molar-refractivity contribution in [1.29, 1.82) is 0 Å². The Morgan fingerprint density at radius 1 is 1.23 bits per heavy atom. The number of nitrogens with one attached hydrogen (secondary N) is 1. The molecule has 7 nitrogen and oxygen atoms in total. The van der Waals surface area contributed by atoms with Crippen LogP contribution in [0.3, 0.4) is 0 Å². The van der Waals surface area contributed by atoms with Gasteiger partial charge < -0.3 is 19.5 Å². The Bertz CT molecular complexity index is 806. The van der Waals surface area contributed by atoms with Gasteiger partial charge in [-0.2, -0.15) is 0 Å². The molecule has 0 saturated carbocycles. The molecule has 4 rings (SSSR count). The molecule has 2 aliphatic rings. The zero-order chi connectivity index (χ0) is 20.6. The highest BCUT2D eigenvalue weighted by Gasteiger charge is 2.21. The van der Waals surface area contributed by atoms with Crippen molar-refractivity contribution in [3.8, 4) is 0 Å². The van der Waals surface area contributed by atoms with Crippen LogP contribution in [0.4, 0.5) is 0 Å². The zero-order valence-electron chi connectivity index (χ0n) is 18.3. The van der Waals surface area contributed by atoms with E-state index in [1.54, 1.807) is 6.26 Å². The van der Waals surface area contributed by atoms with Crippen LogP contribution < -0.4 is 5.32 Å². The number of nitrogens with zero attached hydrogens (tertiary/aromatic N) is 4. The van der Waals surface area contributed by atoms with Crippen LogP contribution in [0.25, 0.3) is 0 Å². The van der Waals surface area contributed by atoms with Crippen LogP contribution in [-0.4, -0.2) is 67.3 Å². The summed E-state index contributed by atoms with van der Waals surface area (Å²) in [4.78, 5) is 9.21. The van der Waals surface area contributed by atoms with E-state index >= 15 is 0 Å². The summed E-state index contributed by atoms with van der Waals surface area (Å²) < 4.78 is 11.1. The molecular weight excluding hydrogens is 505 g/mol. The SMILES string of the molecule is CN=C(NCCCOC1CCCc2ccccc21)N1CCN(Cc2ccon2)CC1.I. The molecule has 1 unspecified atom stereocenters. The molecule has 1 saturated heterocycles. The lowest BCUT2D eigenvalue weighted by Crippen LogP contribution is -2.52. The van der Waals surface area contributed by atoms with E-state index in [1.165, 1.54) is 24.0 Å². The fraction of sp³-hybridized carbons (Fsp3) is 0.565. The average Bonchev–Trinajstić information content (AvgIpc) is 3.30. The molecule has 1 atom stereocenters. The fourth-order valence-corrected chi connectivity index (χ4v) is 4.38. The van der Waals surface area contributed by atoms with Crippen molar-refractivity contribution in [3.63, 3.8) is 0 Å². The molecule has 0 amide bonds. The second kappa shape index (κ2) is 12.4. The van der Waals surface area contributed by atoms with Crippen molar-refractivity contribution in [3.05, 3.63) is 53.4 Å². The van der Waals surface area contributed by atoms with Gasteiger partial charge in [0, 0.05) is 59.0 Å². The second-order valence-electron chi connectivity index (χ2n) is 8.03. The van der Waals surface area contributed by atoms with Gasteiger partial charge in [-0.25, -0.2) is 0 Å². The Hall–Kier alpha value is -1.65. The summed E-state index contributed by atoms with van der Waals surface area (Å²) in [5.41, 5.74) is 3.83. The maximum Gasteiger partial charge on any atom is 0.193 e. The summed E-state index contributed by atoms with van der Waals surface area (Å²) in [6, 6.07) is 10.6. The molecule has 1 N–H and O–H groups in total. The number of aryl methyl sites for hydroxylation is 1. The monoisotopic (exact) mass is 539 g/mol. The number of fused-ring (bicyclic) bond motifs is 1. The second-order valence-corrected chi connectivity index (χ2v) is 8.03. The van der Waals surface area contributed by atoms with Gasteiger partial charge in [0.15, 0.2) is 5.96 Å². The standard InChI is InChI=1S/C23H33N5O2.HI/c1-24-23(28-14-12-27(13-15-28)18-20-10-17-30-26-20)25-11-5-16-29-22-9-4-7-19-6-2-3-8-21(19)22;/h2-3,6,8,10,17,22H,4-5,7,9,11-16,18H2,1H3,(H,24,25);1H. The van der Waals surface area contributed by atoms with Crippen LogP contribution in [-0.2, 0) is 17.7 Å². The molecule has 2 aromatic rings. The van der Waals surface area contributed by atoms with Crippen LogP contribution in [0.2, 0.25) is 0 Å². The van der Waals surface area contributed by atoms with Crippen molar-refractivity contribution >= 4 is 29.9 Å². The molecule has 1 aromatic carbocycles. The first-order valence-corrected chi connectivity index (χ1v) is 11.1. The molecule has 1 aliphatic heterocycles. The number of guanidine groups is 1. The number of hydrogen-bond acceptors (Lipinski definition) is 5. The Balaban J connectivity index is 0.00000272. The minimum Gasteiger partial charge on any atom is -0.373 e. The molecule has 170 valence electrons. The molecule has 2 heterocycles. The quantitative estimate of drug-likeness (QED) is 0.252. The largest absolute Gasteiger partial charge is 0.373 e. The van der Waals surface area contributed by atoms with E-state index in [2.05, 4.69) is 49.5 Å². The highest BCUT2D eigenvalue weighted by Crippen LogP contribution is 2.32. The van der Waals surface area contributed by atoms with Gasteiger partial charge in [-0.15, -0.1) is 24.0 Å². The zero-order valence-corrected chi connectivity index (χ0v) is 20.7. The van der Waals surface area contributed by atoms with Crippen molar-refractivity contribution in [1.82, 2.24) is 20.3 Å². The lowest BCUT2D eigenvalue weighted by Gasteiger charge is -2.36. The van der Waals surface area contributed by atoms with Gasteiger partial charge in [-0.05, 0) is 36.8 Å². The lowest BCUT2D eigenvalue weighted by molar-refractivity contribution is 0.0397. The van der Waals surface area contributed by atoms with E-state index in [0.29, 0.717) is 0 Å². The molecule has 1 aliphatic carbocycles. The Morgan fingerprint density at radius 3 is 2.84 bits per heavy atom. The van der Waals surface area contributed by atoms with Gasteiger partial charge in [0.25, 0.3) is 0 Å². The summed E-state index contributed by atoms with van der Waals surface area (Å²) in [7, 11) is 1.86. The van der Waals surface area contributed by atoms with Crippen LogP contribution in [0.1, 0.15) is 42.2 Å². The van der Waals surface area contributed by atoms with E-state index in [0.717, 1.165) is 70.4 Å². The van der Waals surface area contributed by atoms with Crippen molar-refractivity contribution in [2.45, 2.75) is 38.3 Å². The fourth-order valence-electron chi connectivity index (χ4n) is 4.38. The number of benzene rings is 1. The Labute approximate surface area is 202 Å². The third-order valence-electron chi connectivity index (χ3n) is 6.00. The maximum absolute atomic E-state index is 6.22. The highest BCUT2D eigenvalue weighted by molar-refractivity contribution is 14.0. The van der Waals surface area contributed by atoms with E-state index in [4.69, 9.17) is 9.26 Å². The minimum atomic E-state index is 0. The van der Waals surface area contributed by atoms with Crippen LogP contribution in [0.15, 0.2) is 46.1 Å². The van der Waals surface area contributed by atoms with Gasteiger partial charge in [-0.1, -0.05) is 29.4 Å². The first-order chi connectivity index (χ1) is 14.8. The Morgan fingerprint density at radius 2 is 2.06 bits per heavy atom. The summed E-state index contributed by atoms with van der Waals surface area (Å²) in [6.45, 7) is 6.42. The summed E-state index contributed by atoms with van der Waals surface area (Å²) in [5, 5.41) is 7.51. The first kappa shape index (κ1) is 24.0. The van der Waals surface area contributed by atoms with E-state index in [-0.39, 0.29) is 30.1 Å². The normalized spacial score (nSPS) is 19.6. The number of hydrogen-bond donors (Lipinski definition) is 1. The minimum absolute atomic E-state index is 0. The average molecular weight is 539 g/mol. The van der Waals surface area contributed by atoms with E-state index < -0.39 is 0 Å². The third-order valence-corrected chi connectivity index (χ3v) is 6.00. The first-order valence-electron chi connectivity index (χ1n) is 11.1. The summed E-state index contributed by atoms with van der Waals surface area (Å²) in [5.74, 6) is 0.985. The van der Waals surface area contributed by atoms with Gasteiger partial charge in [-0.3, -0.25) is 9.89 Å². The third kappa shape index (κ3) is 6.66. The van der Waals surface area contributed by atoms with Crippen LogP contribution in [0.5, 0.6) is 0 Å². The van der Waals surface area contributed by atoms with Crippen molar-refractivity contribution in [2.75, 3.05) is 46.4 Å². The predicted molar refractivity (Wildman–Crippen MR) is 133 cm³/mol. The smallest absolute Gasteiger partial charge is 0.193 e. The number of halogens is 1. The molecular formula is C23H34IN5O2. The van der Waals surface area contributed by atoms with E-state index in [1.807, 2.05) is 13.1 Å². The van der Waals surface area contributed by atoms with Crippen LogP contribution >= 0.6 is 24.0 Å². The topological polar surface area (TPSA) is 66.1 Å². The number of piperazine rings is 1. The summed E-state index contributed by atoms with van der Waals surface area (Å²) in [6.07, 6.45) is 6.39. The Kier molecular flexibility index (Phi) is 9.60. The number of aromatic nitrogens is 1. The van der Waals surface area contributed by atoms with Gasteiger partial charge >= 0.3 is 0 Å². The number of aliphatic imine (C=N–C) groups is 1. The van der Waals surface area contributed by atoms with Crippen molar-refractivity contribution in [2.24, 2.45) is 4.99 Å². The molecule has 1 aromatic heterocycles. The highest BCUT2D eigenvalue weighted by atomic mass is 127. The van der Waals surface area contributed by atoms with Crippen LogP contribution in [0, 0.1) is 0 Å². The van der Waals surface area contributed by atoms with Gasteiger partial charge in [0.05, 0.1) is 11.8 Å². The molecule has 0 spiro atoms. The molecule has 0 radical (unpaired) electrons. The van der Waals surface area contributed by atoms with Gasteiger partial charge in [0.2, 0.25) is 0 Å². The predicted octanol–water partition coefficient (Wildman–Crippen LogP) is 3.47. The molecule has 0 bridgehead atoms. The molecule has 8 heteroatoms. The van der Waals surface area contributed by atoms with E-state index in [9.17, 15) is 0 Å². The lowest BCUT2D eigenvalue weighted by atomic mass is 9.89. The van der Waals surface area contributed by atoms with Gasteiger partial charge in [0.1, 0.15) is 6.26 Å². The number of ether oxygens (including phenoxy) is 1. The maximum atomic E-state index is 6.22. The molecule has 1 fully saturated rings.